The van der Waals surface area contributed by atoms with Crippen molar-refractivity contribution in [3.63, 3.8) is 0 Å². The van der Waals surface area contributed by atoms with E-state index in [0.29, 0.717) is 44.5 Å². The lowest BCUT2D eigenvalue weighted by Gasteiger charge is -2.15. The summed E-state index contributed by atoms with van der Waals surface area (Å²) in [4.78, 5) is 24.6. The summed E-state index contributed by atoms with van der Waals surface area (Å²) < 4.78 is 15.8. The molecular weight excluding hydrogens is 482 g/mol. The zero-order valence-corrected chi connectivity index (χ0v) is 20.6. The molecule has 0 aliphatic rings. The van der Waals surface area contributed by atoms with Crippen molar-refractivity contribution in [2.75, 3.05) is 17.7 Å². The molecule has 1 amide bonds. The van der Waals surface area contributed by atoms with E-state index in [1.54, 1.807) is 44.2 Å². The molecule has 1 aromatic heterocycles. The number of ether oxygens (including phenoxy) is 2. The molecule has 36 heavy (non-hydrogen) atoms. The van der Waals surface area contributed by atoms with Crippen molar-refractivity contribution >= 4 is 40.7 Å². The number of para-hydroxylation sites is 1. The van der Waals surface area contributed by atoms with Crippen LogP contribution in [0.4, 0.5) is 21.9 Å². The van der Waals surface area contributed by atoms with E-state index >= 15 is 0 Å². The van der Waals surface area contributed by atoms with Gasteiger partial charge in [0, 0.05) is 21.8 Å². The molecule has 1 atom stereocenters. The lowest BCUT2D eigenvalue weighted by Crippen LogP contribution is -2.17. The highest BCUT2D eigenvalue weighted by Crippen LogP contribution is 2.33. The molecule has 0 aliphatic carbocycles. The van der Waals surface area contributed by atoms with Gasteiger partial charge in [-0.25, -0.2) is 9.59 Å². The summed E-state index contributed by atoms with van der Waals surface area (Å²) in [5.41, 5.74) is 4.08. The molecule has 0 aliphatic heterocycles. The second-order valence-corrected chi connectivity index (χ2v) is 8.31. The zero-order chi connectivity index (χ0) is 25.7. The predicted molar refractivity (Wildman–Crippen MR) is 138 cm³/mol. The summed E-state index contributed by atoms with van der Waals surface area (Å²) in [6, 6.07) is 21.5. The summed E-state index contributed by atoms with van der Waals surface area (Å²) in [7, 11) is 1.34. The topological polar surface area (TPSA) is 103 Å². The number of hydrogen-bond donors (Lipinski definition) is 2. The molecule has 0 bridgehead atoms. The third-order valence-corrected chi connectivity index (χ3v) is 5.82. The van der Waals surface area contributed by atoms with Crippen molar-refractivity contribution in [3.05, 3.63) is 94.6 Å². The molecule has 3 aromatic carbocycles. The Bertz CT molecular complexity index is 1380. The minimum absolute atomic E-state index is 0.386. The number of methoxy groups -OCH3 is 1. The van der Waals surface area contributed by atoms with Crippen LogP contribution in [0.2, 0.25) is 5.02 Å². The van der Waals surface area contributed by atoms with Crippen LogP contribution in [-0.4, -0.2) is 24.3 Å². The second-order valence-electron chi connectivity index (χ2n) is 7.91. The summed E-state index contributed by atoms with van der Waals surface area (Å²) >= 11 is 6.21. The molecule has 9 heteroatoms. The number of anilines is 3. The highest BCUT2D eigenvalue weighted by Gasteiger charge is 2.21. The largest absolute Gasteiger partial charge is 0.465 e. The van der Waals surface area contributed by atoms with E-state index in [-0.39, 0.29) is 0 Å². The maximum atomic E-state index is 12.6. The van der Waals surface area contributed by atoms with Crippen molar-refractivity contribution in [2.45, 2.75) is 20.0 Å². The predicted octanol–water partition coefficient (Wildman–Crippen LogP) is 7.14. The fraction of sp³-hybridized carbons (Fsp3) is 0.148. The van der Waals surface area contributed by atoms with Gasteiger partial charge in [-0.05, 0) is 56.3 Å². The van der Waals surface area contributed by atoms with Gasteiger partial charge >= 0.3 is 12.1 Å². The number of carbonyl (C=O) groups excluding carboxylic acids is 2. The maximum Gasteiger partial charge on any atom is 0.412 e. The number of aromatic nitrogens is 1. The number of carbonyl (C=O) groups is 2. The number of benzene rings is 3. The van der Waals surface area contributed by atoms with Crippen molar-refractivity contribution in [1.29, 1.82) is 0 Å². The van der Waals surface area contributed by atoms with E-state index in [2.05, 4.69) is 15.8 Å². The normalized spacial score (nSPS) is 11.4. The van der Waals surface area contributed by atoms with E-state index in [1.807, 2.05) is 42.5 Å². The Morgan fingerprint density at radius 1 is 1.00 bits per heavy atom. The van der Waals surface area contributed by atoms with Crippen LogP contribution in [0.25, 0.3) is 11.3 Å². The molecule has 8 nitrogen and oxygen atoms in total. The lowest BCUT2D eigenvalue weighted by atomic mass is 10.1. The van der Waals surface area contributed by atoms with Crippen LogP contribution in [0.15, 0.2) is 77.3 Å². The fourth-order valence-corrected chi connectivity index (χ4v) is 3.90. The summed E-state index contributed by atoms with van der Waals surface area (Å²) in [6.07, 6.45) is -1.21. The Labute approximate surface area is 213 Å². The van der Waals surface area contributed by atoms with Crippen molar-refractivity contribution in [1.82, 2.24) is 5.16 Å². The first-order valence-electron chi connectivity index (χ1n) is 11.1. The number of halogens is 1. The van der Waals surface area contributed by atoms with Crippen LogP contribution in [0.3, 0.4) is 0 Å². The van der Waals surface area contributed by atoms with Gasteiger partial charge in [-0.3, -0.25) is 5.32 Å². The number of aryl methyl sites for hydroxylation is 1. The van der Waals surface area contributed by atoms with Gasteiger partial charge in [0.1, 0.15) is 17.5 Å². The molecule has 0 saturated heterocycles. The van der Waals surface area contributed by atoms with Crippen LogP contribution in [0.1, 0.15) is 34.6 Å². The quantitative estimate of drug-likeness (QED) is 0.257. The van der Waals surface area contributed by atoms with Gasteiger partial charge < -0.3 is 19.3 Å². The van der Waals surface area contributed by atoms with Gasteiger partial charge in [-0.15, -0.1) is 0 Å². The molecule has 4 aromatic rings. The van der Waals surface area contributed by atoms with E-state index in [9.17, 15) is 9.59 Å². The number of esters is 1. The lowest BCUT2D eigenvalue weighted by molar-refractivity contribution is 0.0601. The fourth-order valence-electron chi connectivity index (χ4n) is 3.61. The average Bonchev–Trinajstić information content (AvgIpc) is 3.24. The van der Waals surface area contributed by atoms with Crippen LogP contribution in [-0.2, 0) is 9.47 Å². The molecular formula is C27H24ClN3O5. The van der Waals surface area contributed by atoms with E-state index in [4.69, 9.17) is 25.6 Å². The molecule has 0 fully saturated rings. The van der Waals surface area contributed by atoms with Gasteiger partial charge in [0.15, 0.2) is 5.76 Å². The Morgan fingerprint density at radius 2 is 1.69 bits per heavy atom. The first kappa shape index (κ1) is 24.8. The molecule has 2 N–H and O–H groups in total. The number of rotatable bonds is 7. The molecule has 0 unspecified atom stereocenters. The third-order valence-electron chi connectivity index (χ3n) is 5.48. The van der Waals surface area contributed by atoms with Crippen LogP contribution in [0.5, 0.6) is 0 Å². The zero-order valence-electron chi connectivity index (χ0n) is 19.9. The van der Waals surface area contributed by atoms with Gasteiger partial charge in [-0.2, -0.15) is 0 Å². The summed E-state index contributed by atoms with van der Waals surface area (Å²) in [5, 5.41) is 10.5. The highest BCUT2D eigenvalue weighted by molar-refractivity contribution is 6.31. The van der Waals surface area contributed by atoms with Crippen molar-refractivity contribution in [3.8, 4) is 11.3 Å². The minimum atomic E-state index is -0.660. The van der Waals surface area contributed by atoms with E-state index < -0.39 is 18.2 Å². The van der Waals surface area contributed by atoms with Crippen LogP contribution >= 0.6 is 11.6 Å². The SMILES string of the molecule is COC(=O)c1ccccc1Nc1ccc(-c2onc(C)c2NC(=O)O[C@H](C)c2ccccc2Cl)cc1. The Morgan fingerprint density at radius 3 is 2.42 bits per heavy atom. The molecule has 4 rings (SSSR count). The Balaban J connectivity index is 1.49. The highest BCUT2D eigenvalue weighted by atomic mass is 35.5. The van der Waals surface area contributed by atoms with E-state index in [1.165, 1.54) is 7.11 Å². The van der Waals surface area contributed by atoms with Crippen LogP contribution < -0.4 is 10.6 Å². The second kappa shape index (κ2) is 11.0. The molecule has 0 spiro atoms. The van der Waals surface area contributed by atoms with E-state index in [0.717, 1.165) is 5.69 Å². The summed E-state index contributed by atoms with van der Waals surface area (Å²) in [6.45, 7) is 3.46. The van der Waals surface area contributed by atoms with Gasteiger partial charge in [0.2, 0.25) is 0 Å². The molecule has 1 heterocycles. The Kier molecular flexibility index (Phi) is 7.56. The number of hydrogen-bond acceptors (Lipinski definition) is 7. The van der Waals surface area contributed by atoms with Gasteiger partial charge in [0.25, 0.3) is 0 Å². The molecule has 0 radical (unpaired) electrons. The molecule has 0 saturated carbocycles. The standard InChI is InChI=1S/C27H24ClN3O5/c1-16-24(30-27(33)35-17(2)20-8-4-6-10-22(20)28)25(36-31-16)18-12-14-19(15-13-18)29-23-11-7-5-9-21(23)26(32)34-3/h4-15,17,29H,1-3H3,(H,30,33)/t17-/m1/s1. The minimum Gasteiger partial charge on any atom is -0.465 e. The monoisotopic (exact) mass is 505 g/mol. The number of nitrogens with one attached hydrogen (secondary N) is 2. The number of amides is 1. The van der Waals surface area contributed by atoms with Crippen molar-refractivity contribution in [2.24, 2.45) is 0 Å². The first-order valence-corrected chi connectivity index (χ1v) is 11.5. The van der Waals surface area contributed by atoms with Crippen LogP contribution in [0, 0.1) is 6.92 Å². The van der Waals surface area contributed by atoms with Gasteiger partial charge in [0.05, 0.1) is 18.4 Å². The van der Waals surface area contributed by atoms with Crippen molar-refractivity contribution < 1.29 is 23.6 Å². The summed E-state index contributed by atoms with van der Waals surface area (Å²) in [5.74, 6) is -0.0466. The smallest absolute Gasteiger partial charge is 0.412 e. The van der Waals surface area contributed by atoms with Gasteiger partial charge in [-0.1, -0.05) is 47.1 Å². The first-order chi connectivity index (χ1) is 17.4. The number of nitrogens with zero attached hydrogens (tertiary/aromatic N) is 1. The maximum absolute atomic E-state index is 12.6. The third kappa shape index (κ3) is 5.50. The average molecular weight is 506 g/mol. The Hall–Kier alpha value is -4.30. The molecule has 184 valence electrons.